The van der Waals surface area contributed by atoms with E-state index >= 15 is 0 Å². The van der Waals surface area contributed by atoms with Gasteiger partial charge in [0.25, 0.3) is 0 Å². The van der Waals surface area contributed by atoms with Gasteiger partial charge in [-0.05, 0) is 37.1 Å². The second kappa shape index (κ2) is 5.30. The first-order chi connectivity index (χ1) is 8.27. The molecule has 2 rings (SSSR count). The minimum Gasteiger partial charge on any atom is -0.279 e. The van der Waals surface area contributed by atoms with Crippen LogP contribution >= 0.6 is 0 Å². The lowest BCUT2D eigenvalue weighted by atomic mass is 10.0. The summed E-state index contributed by atoms with van der Waals surface area (Å²) in [5.41, 5.74) is 7.67. The highest BCUT2D eigenvalue weighted by Crippen LogP contribution is 2.11. The number of anilines is 1. The molecule has 0 aliphatic carbocycles. The van der Waals surface area contributed by atoms with Gasteiger partial charge in [-0.15, -0.1) is 0 Å². The van der Waals surface area contributed by atoms with E-state index in [-0.39, 0.29) is 0 Å². The zero-order chi connectivity index (χ0) is 12.1. The van der Waals surface area contributed by atoms with Crippen molar-refractivity contribution in [1.82, 2.24) is 0 Å². The number of nitrogens with one attached hydrogen (secondary N) is 1. The number of nitrogens with zero attached hydrogens (tertiary/aromatic N) is 1. The lowest BCUT2D eigenvalue weighted by Crippen LogP contribution is -1.94. The molecule has 0 unspecified atom stereocenters. The molecule has 0 aromatic heterocycles. The third-order valence-corrected chi connectivity index (χ3v) is 2.70. The van der Waals surface area contributed by atoms with Gasteiger partial charge >= 0.3 is 0 Å². The van der Waals surface area contributed by atoms with Gasteiger partial charge in [-0.2, -0.15) is 5.10 Å². The first-order valence-corrected chi connectivity index (χ1v) is 5.68. The zero-order valence-electron chi connectivity index (χ0n) is 10.1. The van der Waals surface area contributed by atoms with E-state index in [4.69, 9.17) is 0 Å². The van der Waals surface area contributed by atoms with E-state index in [2.05, 4.69) is 42.6 Å². The van der Waals surface area contributed by atoms with Crippen molar-refractivity contribution in [3.05, 3.63) is 65.2 Å². The predicted octanol–water partition coefficient (Wildman–Crippen LogP) is 3.75. The van der Waals surface area contributed by atoms with Gasteiger partial charge in [0, 0.05) is 5.56 Å². The van der Waals surface area contributed by atoms with Crippen molar-refractivity contribution in [2.24, 2.45) is 5.10 Å². The monoisotopic (exact) mass is 224 g/mol. The molecule has 0 aliphatic rings. The molecule has 0 saturated carbocycles. The molecule has 0 saturated heterocycles. The van der Waals surface area contributed by atoms with Crippen LogP contribution in [0.1, 0.15) is 16.7 Å². The number of benzene rings is 2. The number of hydrogen-bond acceptors (Lipinski definition) is 2. The third kappa shape index (κ3) is 2.94. The normalized spacial score (nSPS) is 10.7. The van der Waals surface area contributed by atoms with E-state index in [1.54, 1.807) is 0 Å². The number of rotatable bonds is 3. The summed E-state index contributed by atoms with van der Waals surface area (Å²) in [7, 11) is 0. The van der Waals surface area contributed by atoms with Crippen molar-refractivity contribution >= 4 is 11.9 Å². The highest BCUT2D eigenvalue weighted by Gasteiger charge is 1.97. The molecule has 17 heavy (non-hydrogen) atoms. The van der Waals surface area contributed by atoms with Crippen LogP contribution in [0.25, 0.3) is 0 Å². The summed E-state index contributed by atoms with van der Waals surface area (Å²) in [5.74, 6) is 0. The molecule has 2 nitrogen and oxygen atoms in total. The molecule has 86 valence electrons. The van der Waals surface area contributed by atoms with Crippen LogP contribution in [0.15, 0.2) is 53.6 Å². The fourth-order valence-corrected chi connectivity index (χ4v) is 1.72. The maximum absolute atomic E-state index is 4.26. The minimum atomic E-state index is 0.995. The van der Waals surface area contributed by atoms with Gasteiger partial charge in [0.2, 0.25) is 0 Å². The van der Waals surface area contributed by atoms with E-state index < -0.39 is 0 Å². The topological polar surface area (TPSA) is 24.4 Å². The first-order valence-electron chi connectivity index (χ1n) is 5.68. The smallest absolute Gasteiger partial charge is 0.0561 e. The number of hydrazone groups is 1. The van der Waals surface area contributed by atoms with Crippen molar-refractivity contribution in [2.45, 2.75) is 13.8 Å². The van der Waals surface area contributed by atoms with Gasteiger partial charge in [0.15, 0.2) is 0 Å². The van der Waals surface area contributed by atoms with E-state index in [9.17, 15) is 0 Å². The van der Waals surface area contributed by atoms with E-state index in [1.807, 2.05) is 36.5 Å². The van der Waals surface area contributed by atoms with Crippen molar-refractivity contribution < 1.29 is 0 Å². The van der Waals surface area contributed by atoms with Crippen LogP contribution < -0.4 is 5.43 Å². The summed E-state index contributed by atoms with van der Waals surface area (Å²) in [6, 6.07) is 16.2. The SMILES string of the molecule is Cc1cccc(C)c1/C=N/Nc1ccccc1. The Labute approximate surface area is 102 Å². The second-order valence-electron chi connectivity index (χ2n) is 4.04. The molecular formula is C15H16N2. The van der Waals surface area contributed by atoms with E-state index in [0.717, 1.165) is 5.69 Å². The summed E-state index contributed by atoms with van der Waals surface area (Å²) in [6.45, 7) is 4.19. The quantitative estimate of drug-likeness (QED) is 0.623. The molecule has 0 aliphatic heterocycles. The Morgan fingerprint density at radius 3 is 2.18 bits per heavy atom. The molecule has 0 amide bonds. The Kier molecular flexibility index (Phi) is 3.55. The number of hydrogen-bond donors (Lipinski definition) is 1. The van der Waals surface area contributed by atoms with Gasteiger partial charge < -0.3 is 0 Å². The molecule has 0 heterocycles. The summed E-state index contributed by atoms with van der Waals surface area (Å²) in [4.78, 5) is 0. The van der Waals surface area contributed by atoms with Gasteiger partial charge in [0.1, 0.15) is 0 Å². The average Bonchev–Trinajstić information content (AvgIpc) is 2.34. The van der Waals surface area contributed by atoms with Crippen molar-refractivity contribution in [3.8, 4) is 0 Å². The highest BCUT2D eigenvalue weighted by atomic mass is 15.3. The van der Waals surface area contributed by atoms with Crippen LogP contribution in [0.3, 0.4) is 0 Å². The summed E-state index contributed by atoms with van der Waals surface area (Å²) in [5, 5.41) is 4.26. The highest BCUT2D eigenvalue weighted by molar-refractivity contribution is 5.84. The Balaban J connectivity index is 2.11. The Morgan fingerprint density at radius 1 is 0.882 bits per heavy atom. The van der Waals surface area contributed by atoms with Crippen LogP contribution in [-0.4, -0.2) is 6.21 Å². The van der Waals surface area contributed by atoms with Crippen LogP contribution in [0.5, 0.6) is 0 Å². The zero-order valence-corrected chi connectivity index (χ0v) is 10.1. The molecule has 0 atom stereocenters. The molecule has 1 N–H and O–H groups in total. The maximum atomic E-state index is 4.26. The van der Waals surface area contributed by atoms with Crippen LogP contribution in [0, 0.1) is 13.8 Å². The first kappa shape index (κ1) is 11.4. The number of para-hydroxylation sites is 1. The summed E-state index contributed by atoms with van der Waals surface area (Å²) >= 11 is 0. The average molecular weight is 224 g/mol. The predicted molar refractivity (Wildman–Crippen MR) is 73.6 cm³/mol. The van der Waals surface area contributed by atoms with Crippen molar-refractivity contribution in [3.63, 3.8) is 0 Å². The van der Waals surface area contributed by atoms with E-state index in [0.29, 0.717) is 0 Å². The van der Waals surface area contributed by atoms with Crippen LogP contribution in [0.4, 0.5) is 5.69 Å². The van der Waals surface area contributed by atoms with Crippen molar-refractivity contribution in [2.75, 3.05) is 5.43 Å². The largest absolute Gasteiger partial charge is 0.279 e. The van der Waals surface area contributed by atoms with Crippen LogP contribution in [-0.2, 0) is 0 Å². The molecular weight excluding hydrogens is 208 g/mol. The molecule has 0 spiro atoms. The lowest BCUT2D eigenvalue weighted by molar-refractivity contribution is 1.32. The second-order valence-corrected chi connectivity index (χ2v) is 4.04. The molecule has 2 heteroatoms. The van der Waals surface area contributed by atoms with Gasteiger partial charge in [-0.25, -0.2) is 0 Å². The van der Waals surface area contributed by atoms with Crippen molar-refractivity contribution in [1.29, 1.82) is 0 Å². The van der Waals surface area contributed by atoms with Gasteiger partial charge in [0.05, 0.1) is 11.9 Å². The van der Waals surface area contributed by atoms with Crippen LogP contribution in [0.2, 0.25) is 0 Å². The molecule has 0 radical (unpaired) electrons. The minimum absolute atomic E-state index is 0.995. The summed E-state index contributed by atoms with van der Waals surface area (Å²) in [6.07, 6.45) is 1.87. The molecule has 0 fully saturated rings. The standard InChI is InChI=1S/C15H16N2/c1-12-7-6-8-13(2)15(12)11-16-17-14-9-4-3-5-10-14/h3-11,17H,1-2H3/b16-11+. The molecule has 2 aromatic rings. The number of aryl methyl sites for hydroxylation is 2. The third-order valence-electron chi connectivity index (χ3n) is 2.70. The van der Waals surface area contributed by atoms with E-state index in [1.165, 1.54) is 16.7 Å². The Morgan fingerprint density at radius 2 is 1.53 bits per heavy atom. The lowest BCUT2D eigenvalue weighted by Gasteiger charge is -2.04. The fourth-order valence-electron chi connectivity index (χ4n) is 1.72. The Bertz CT molecular complexity index is 495. The fraction of sp³-hybridized carbons (Fsp3) is 0.133. The Hall–Kier alpha value is -2.09. The maximum Gasteiger partial charge on any atom is 0.0561 e. The molecule has 0 bridgehead atoms. The molecule has 2 aromatic carbocycles. The van der Waals surface area contributed by atoms with Gasteiger partial charge in [-0.1, -0.05) is 36.4 Å². The van der Waals surface area contributed by atoms with Gasteiger partial charge in [-0.3, -0.25) is 5.43 Å². The summed E-state index contributed by atoms with van der Waals surface area (Å²) < 4.78 is 0.